The van der Waals surface area contributed by atoms with Crippen molar-refractivity contribution in [1.82, 2.24) is 14.8 Å². The third-order valence-corrected chi connectivity index (χ3v) is 3.73. The summed E-state index contributed by atoms with van der Waals surface area (Å²) in [6.07, 6.45) is 1.35. The quantitative estimate of drug-likeness (QED) is 0.777. The molecule has 6 nitrogen and oxygen atoms in total. The molecule has 0 atom stereocenters. The monoisotopic (exact) mass is 338 g/mol. The highest BCUT2D eigenvalue weighted by Gasteiger charge is 2.37. The molecule has 0 aliphatic carbocycles. The van der Waals surface area contributed by atoms with E-state index in [1.807, 2.05) is 0 Å². The predicted molar refractivity (Wildman–Crippen MR) is 70.6 cm³/mol. The average Bonchev–Trinajstić information content (AvgIpc) is 2.90. The van der Waals surface area contributed by atoms with E-state index in [2.05, 4.69) is 26.0 Å². The van der Waals surface area contributed by atoms with Crippen molar-refractivity contribution >= 4 is 33.3 Å². The van der Waals surface area contributed by atoms with Crippen molar-refractivity contribution in [3.8, 4) is 0 Å². The maximum atomic E-state index is 13.6. The zero-order valence-corrected chi connectivity index (χ0v) is 11.9. The fraction of sp³-hybridized carbons (Fsp3) is 0.167. The Bertz CT molecular complexity index is 743. The molecule has 2 heterocycles. The van der Waals surface area contributed by atoms with Crippen LogP contribution in [0, 0.1) is 5.82 Å². The van der Waals surface area contributed by atoms with Gasteiger partial charge in [-0.25, -0.2) is 9.37 Å². The van der Waals surface area contributed by atoms with E-state index in [-0.39, 0.29) is 22.3 Å². The molecule has 0 saturated heterocycles. The van der Waals surface area contributed by atoms with E-state index in [1.165, 1.54) is 28.0 Å². The molecule has 1 aromatic carbocycles. The highest BCUT2D eigenvalue weighted by Crippen LogP contribution is 2.33. The Labute approximate surface area is 121 Å². The number of benzene rings is 1. The molecule has 0 fully saturated rings. The lowest BCUT2D eigenvalue weighted by atomic mass is 10.1. The van der Waals surface area contributed by atoms with Gasteiger partial charge in [-0.05, 0) is 28.1 Å². The largest absolute Gasteiger partial charge is 0.299 e. The van der Waals surface area contributed by atoms with E-state index < -0.39 is 17.5 Å². The molecule has 1 aliphatic heterocycles. The number of hydrogen-bond acceptors (Lipinski definition) is 4. The predicted octanol–water partition coefficient (Wildman–Crippen LogP) is 1.45. The molecular weight excluding hydrogens is 331 g/mol. The number of Topliss-reactive ketones (excluding diaryl/α,β-unsaturated/α-hetero) is 1. The summed E-state index contributed by atoms with van der Waals surface area (Å²) in [4.78, 5) is 29.1. The van der Waals surface area contributed by atoms with Crippen molar-refractivity contribution in [2.24, 2.45) is 7.05 Å². The number of halogens is 2. The Kier molecular flexibility index (Phi) is 2.89. The number of hydrogen-bond donors (Lipinski definition) is 0. The minimum atomic E-state index is -0.694. The minimum Gasteiger partial charge on any atom is -0.297 e. The number of anilines is 1. The van der Waals surface area contributed by atoms with Gasteiger partial charge in [0.2, 0.25) is 0 Å². The summed E-state index contributed by atoms with van der Waals surface area (Å²) >= 11 is 3.00. The first kappa shape index (κ1) is 12.9. The van der Waals surface area contributed by atoms with Gasteiger partial charge in [0.05, 0.1) is 22.3 Å². The van der Waals surface area contributed by atoms with E-state index in [1.54, 1.807) is 7.05 Å². The molecule has 0 saturated carbocycles. The Morgan fingerprint density at radius 2 is 2.10 bits per heavy atom. The number of carbonyl (C=O) groups is 2. The molecule has 2 aromatic rings. The lowest BCUT2D eigenvalue weighted by Gasteiger charge is -2.15. The molecule has 20 heavy (non-hydrogen) atoms. The summed E-state index contributed by atoms with van der Waals surface area (Å²) < 4.78 is 15.3. The van der Waals surface area contributed by atoms with Gasteiger partial charge in [-0.1, -0.05) is 0 Å². The zero-order chi connectivity index (χ0) is 14.4. The van der Waals surface area contributed by atoms with E-state index in [9.17, 15) is 14.0 Å². The van der Waals surface area contributed by atoms with E-state index in [4.69, 9.17) is 0 Å². The van der Waals surface area contributed by atoms with Gasteiger partial charge < -0.3 is 0 Å². The number of nitrogens with zero attached hydrogens (tertiary/aromatic N) is 4. The molecule has 102 valence electrons. The Morgan fingerprint density at radius 3 is 2.75 bits per heavy atom. The highest BCUT2D eigenvalue weighted by atomic mass is 79.9. The van der Waals surface area contributed by atoms with Crippen LogP contribution < -0.4 is 4.90 Å². The lowest BCUT2D eigenvalue weighted by molar-refractivity contribution is -0.114. The second kappa shape index (κ2) is 4.48. The van der Waals surface area contributed by atoms with Crippen molar-refractivity contribution in [3.63, 3.8) is 0 Å². The van der Waals surface area contributed by atoms with Crippen LogP contribution >= 0.6 is 15.9 Å². The van der Waals surface area contributed by atoms with E-state index in [0.29, 0.717) is 5.82 Å². The first-order valence-electron chi connectivity index (χ1n) is 5.67. The van der Waals surface area contributed by atoms with Crippen LogP contribution in [0.5, 0.6) is 0 Å². The lowest BCUT2D eigenvalue weighted by Crippen LogP contribution is -2.30. The standard InChI is InChI=1S/C12H8BrFN4O2/c1-17-10(15-5-16-17)4-18-9-3-8(14)7(13)2-6(9)11(19)12(18)20/h2-3,5H,4H2,1H3. The van der Waals surface area contributed by atoms with Crippen LogP contribution in [0.15, 0.2) is 22.9 Å². The number of carbonyl (C=O) groups excluding carboxylic acids is 2. The smallest absolute Gasteiger partial charge is 0.297 e. The Morgan fingerprint density at radius 1 is 1.35 bits per heavy atom. The van der Waals surface area contributed by atoms with E-state index in [0.717, 1.165) is 0 Å². The minimum absolute atomic E-state index is 0.0646. The first-order chi connectivity index (χ1) is 9.49. The maximum absolute atomic E-state index is 13.6. The summed E-state index contributed by atoms with van der Waals surface area (Å²) in [5, 5.41) is 3.89. The van der Waals surface area contributed by atoms with Crippen molar-refractivity contribution in [1.29, 1.82) is 0 Å². The van der Waals surface area contributed by atoms with Gasteiger partial charge in [-0.3, -0.25) is 19.2 Å². The molecule has 1 aliphatic rings. The molecule has 3 rings (SSSR count). The van der Waals surface area contributed by atoms with Crippen LogP contribution in [0.3, 0.4) is 0 Å². The normalized spacial score (nSPS) is 14.1. The van der Waals surface area contributed by atoms with Crippen LogP contribution in [0.25, 0.3) is 0 Å². The van der Waals surface area contributed by atoms with Gasteiger partial charge in [-0.15, -0.1) is 0 Å². The molecule has 0 bridgehead atoms. The number of rotatable bonds is 2. The molecule has 1 aromatic heterocycles. The topological polar surface area (TPSA) is 68.1 Å². The third-order valence-electron chi connectivity index (χ3n) is 3.12. The van der Waals surface area contributed by atoms with Gasteiger partial charge >= 0.3 is 0 Å². The number of fused-ring (bicyclic) bond motifs is 1. The average molecular weight is 339 g/mol. The van der Waals surface area contributed by atoms with Gasteiger partial charge in [0.15, 0.2) is 0 Å². The van der Waals surface area contributed by atoms with Crippen LogP contribution in [0.4, 0.5) is 10.1 Å². The van der Waals surface area contributed by atoms with E-state index >= 15 is 0 Å². The first-order valence-corrected chi connectivity index (χ1v) is 6.46. The van der Waals surface area contributed by atoms with Crippen molar-refractivity contribution in [2.45, 2.75) is 6.54 Å². The highest BCUT2D eigenvalue weighted by molar-refractivity contribution is 9.10. The summed E-state index contributed by atoms with van der Waals surface area (Å²) in [6.45, 7) is 0.0646. The summed E-state index contributed by atoms with van der Waals surface area (Å²) in [5.74, 6) is -1.38. The van der Waals surface area contributed by atoms with Crippen LogP contribution in [0.2, 0.25) is 0 Å². The van der Waals surface area contributed by atoms with Crippen molar-refractivity contribution in [3.05, 3.63) is 40.1 Å². The molecule has 0 spiro atoms. The van der Waals surface area contributed by atoms with Gasteiger partial charge in [0.1, 0.15) is 18.0 Å². The van der Waals surface area contributed by atoms with Gasteiger partial charge in [-0.2, -0.15) is 5.10 Å². The number of ketones is 1. The number of aryl methyl sites for hydroxylation is 1. The molecule has 1 amide bonds. The zero-order valence-electron chi connectivity index (χ0n) is 10.3. The fourth-order valence-corrected chi connectivity index (χ4v) is 2.39. The molecule has 0 N–H and O–H groups in total. The summed E-state index contributed by atoms with van der Waals surface area (Å²) in [5.41, 5.74) is 0.439. The SMILES string of the molecule is Cn1ncnc1CN1C(=O)C(=O)c2cc(Br)c(F)cc21. The summed E-state index contributed by atoms with van der Waals surface area (Å²) in [6, 6.07) is 2.49. The van der Waals surface area contributed by atoms with Gasteiger partial charge in [0, 0.05) is 7.05 Å². The van der Waals surface area contributed by atoms with Crippen LogP contribution in [0.1, 0.15) is 16.2 Å². The third kappa shape index (κ3) is 1.83. The Balaban J connectivity index is 2.06. The second-order valence-electron chi connectivity index (χ2n) is 4.30. The van der Waals surface area contributed by atoms with Gasteiger partial charge in [0.25, 0.3) is 11.7 Å². The van der Waals surface area contributed by atoms with Crippen LogP contribution in [-0.4, -0.2) is 26.5 Å². The molecule has 8 heteroatoms. The number of amides is 1. The molecule has 0 radical (unpaired) electrons. The van der Waals surface area contributed by atoms with Crippen molar-refractivity contribution < 1.29 is 14.0 Å². The second-order valence-corrected chi connectivity index (χ2v) is 5.16. The Hall–Kier alpha value is -2.09. The fourth-order valence-electron chi connectivity index (χ4n) is 2.05. The molecular formula is C12H8BrFN4O2. The van der Waals surface area contributed by atoms with Crippen molar-refractivity contribution in [2.75, 3.05) is 4.90 Å². The van der Waals surface area contributed by atoms with Crippen LogP contribution in [-0.2, 0) is 18.4 Å². The maximum Gasteiger partial charge on any atom is 0.299 e. The molecule has 0 unspecified atom stereocenters. The number of aromatic nitrogens is 3. The summed E-state index contributed by atoms with van der Waals surface area (Å²) in [7, 11) is 1.67.